The molecule has 8 heteroatoms. The molecule has 1 N–H and O–H groups in total. The van der Waals surface area contributed by atoms with Gasteiger partial charge in [-0.2, -0.15) is 4.31 Å². The van der Waals surface area contributed by atoms with E-state index in [1.54, 1.807) is 54.1 Å². The summed E-state index contributed by atoms with van der Waals surface area (Å²) in [7, 11) is -3.57. The van der Waals surface area contributed by atoms with Crippen molar-refractivity contribution in [3.05, 3.63) is 77.9 Å². The highest BCUT2D eigenvalue weighted by atomic mass is 32.2. The Bertz CT molecular complexity index is 1150. The summed E-state index contributed by atoms with van der Waals surface area (Å²) in [4.78, 5) is 17.0. The van der Waals surface area contributed by atoms with Gasteiger partial charge in [0.2, 0.25) is 10.0 Å². The van der Waals surface area contributed by atoms with Crippen molar-refractivity contribution in [2.45, 2.75) is 37.6 Å². The van der Waals surface area contributed by atoms with Crippen LogP contribution in [0.5, 0.6) is 0 Å². The van der Waals surface area contributed by atoms with E-state index in [2.05, 4.69) is 10.3 Å². The second kappa shape index (κ2) is 9.03. The van der Waals surface area contributed by atoms with Crippen molar-refractivity contribution >= 4 is 21.6 Å². The molecule has 7 nitrogen and oxygen atoms in total. The van der Waals surface area contributed by atoms with Crippen molar-refractivity contribution in [3.8, 4) is 0 Å². The highest BCUT2D eigenvalue weighted by molar-refractivity contribution is 7.89. The molecule has 2 aromatic carbocycles. The molecule has 0 bridgehead atoms. The van der Waals surface area contributed by atoms with Gasteiger partial charge in [0.05, 0.1) is 11.2 Å². The number of sulfonamides is 1. The second-order valence-electron chi connectivity index (χ2n) is 7.83. The van der Waals surface area contributed by atoms with Gasteiger partial charge < -0.3 is 9.88 Å². The summed E-state index contributed by atoms with van der Waals surface area (Å²) in [6.45, 7) is 3.55. The molecule has 0 atom stereocenters. The number of carbonyl (C=O) groups is 1. The fraction of sp³-hybridized carbons (Fsp3) is 0.304. The second-order valence-corrected chi connectivity index (χ2v) is 9.74. The normalized spacial score (nSPS) is 15.0. The molecule has 1 aliphatic heterocycles. The number of hydrogen-bond acceptors (Lipinski definition) is 4. The van der Waals surface area contributed by atoms with E-state index >= 15 is 0 Å². The largest absolute Gasteiger partial charge is 0.333 e. The van der Waals surface area contributed by atoms with Crippen LogP contribution in [-0.4, -0.2) is 41.3 Å². The minimum atomic E-state index is -3.57. The van der Waals surface area contributed by atoms with E-state index in [0.29, 0.717) is 36.4 Å². The van der Waals surface area contributed by atoms with Crippen molar-refractivity contribution in [1.29, 1.82) is 0 Å². The SMILES string of the molecule is Cc1ccc(NC(=O)c2ccc(Cn3ccnc3)cc2)cc1S(=O)(=O)N1CCCCC1. The monoisotopic (exact) mass is 438 g/mol. The number of amides is 1. The first-order chi connectivity index (χ1) is 14.9. The Morgan fingerprint density at radius 3 is 2.48 bits per heavy atom. The number of rotatable bonds is 6. The van der Waals surface area contributed by atoms with E-state index in [1.165, 1.54) is 0 Å². The van der Waals surface area contributed by atoms with Crippen LogP contribution in [0.25, 0.3) is 0 Å². The van der Waals surface area contributed by atoms with Crippen molar-refractivity contribution in [3.63, 3.8) is 0 Å². The fourth-order valence-corrected chi connectivity index (χ4v) is 5.52. The first-order valence-electron chi connectivity index (χ1n) is 10.4. The van der Waals surface area contributed by atoms with Crippen LogP contribution < -0.4 is 5.32 Å². The van der Waals surface area contributed by atoms with Crippen LogP contribution in [0.1, 0.15) is 40.7 Å². The van der Waals surface area contributed by atoms with Gasteiger partial charge in [-0.1, -0.05) is 24.6 Å². The number of nitrogens with zero attached hydrogens (tertiary/aromatic N) is 3. The van der Waals surface area contributed by atoms with Gasteiger partial charge in [0.1, 0.15) is 0 Å². The van der Waals surface area contributed by atoms with Gasteiger partial charge in [-0.3, -0.25) is 4.79 Å². The lowest BCUT2D eigenvalue weighted by Gasteiger charge is -2.26. The molecular weight excluding hydrogens is 412 g/mol. The molecule has 2 heterocycles. The van der Waals surface area contributed by atoms with Crippen molar-refractivity contribution in [1.82, 2.24) is 13.9 Å². The standard InChI is InChI=1S/C23H26N4O3S/c1-18-5-10-21(15-22(18)31(29,30)27-12-3-2-4-13-27)25-23(28)20-8-6-19(7-9-20)16-26-14-11-24-17-26/h5-11,14-15,17H,2-4,12-13,16H2,1H3,(H,25,28). The summed E-state index contributed by atoms with van der Waals surface area (Å²) in [5.41, 5.74) is 2.70. The summed E-state index contributed by atoms with van der Waals surface area (Å²) in [6, 6.07) is 12.4. The highest BCUT2D eigenvalue weighted by Gasteiger charge is 2.27. The van der Waals surface area contributed by atoms with Crippen molar-refractivity contribution in [2.75, 3.05) is 18.4 Å². The first-order valence-corrected chi connectivity index (χ1v) is 11.8. The van der Waals surface area contributed by atoms with E-state index in [0.717, 1.165) is 24.8 Å². The number of imidazole rings is 1. The summed E-state index contributed by atoms with van der Waals surface area (Å²) in [5, 5.41) is 2.83. The lowest BCUT2D eigenvalue weighted by atomic mass is 10.1. The van der Waals surface area contributed by atoms with Crippen LogP contribution >= 0.6 is 0 Å². The Labute approximate surface area is 182 Å². The van der Waals surface area contributed by atoms with Crippen LogP contribution in [-0.2, 0) is 16.6 Å². The smallest absolute Gasteiger partial charge is 0.255 e. The number of anilines is 1. The number of carbonyl (C=O) groups excluding carboxylic acids is 1. The minimum absolute atomic E-state index is 0.253. The average molecular weight is 439 g/mol. The van der Waals surface area contributed by atoms with Gasteiger partial charge in [-0.25, -0.2) is 13.4 Å². The van der Waals surface area contributed by atoms with Crippen molar-refractivity contribution < 1.29 is 13.2 Å². The molecule has 0 aliphatic carbocycles. The average Bonchev–Trinajstić information content (AvgIpc) is 3.29. The number of nitrogens with one attached hydrogen (secondary N) is 1. The Kier molecular flexibility index (Phi) is 6.20. The van der Waals surface area contributed by atoms with Crippen LogP contribution in [0.4, 0.5) is 5.69 Å². The number of hydrogen-bond donors (Lipinski definition) is 1. The Morgan fingerprint density at radius 2 is 1.81 bits per heavy atom. The Morgan fingerprint density at radius 1 is 1.06 bits per heavy atom. The molecule has 31 heavy (non-hydrogen) atoms. The third kappa shape index (κ3) is 4.86. The number of aromatic nitrogens is 2. The maximum atomic E-state index is 13.1. The summed E-state index contributed by atoms with van der Waals surface area (Å²) >= 11 is 0. The van der Waals surface area contributed by atoms with Crippen LogP contribution in [0.15, 0.2) is 66.1 Å². The quantitative estimate of drug-likeness (QED) is 0.636. The molecule has 162 valence electrons. The molecule has 0 spiro atoms. The van der Waals surface area contributed by atoms with Crippen LogP contribution in [0.3, 0.4) is 0 Å². The lowest BCUT2D eigenvalue weighted by Crippen LogP contribution is -2.36. The molecule has 1 amide bonds. The number of piperidine rings is 1. The van der Waals surface area contributed by atoms with Gasteiger partial charge in [0, 0.05) is 43.3 Å². The molecule has 3 aromatic rings. The molecule has 4 rings (SSSR count). The molecule has 0 saturated carbocycles. The summed E-state index contributed by atoms with van der Waals surface area (Å²) < 4.78 is 29.7. The lowest BCUT2D eigenvalue weighted by molar-refractivity contribution is 0.102. The molecular formula is C23H26N4O3S. The van der Waals surface area contributed by atoms with Crippen molar-refractivity contribution in [2.24, 2.45) is 0 Å². The number of aryl methyl sites for hydroxylation is 1. The summed E-state index contributed by atoms with van der Waals surface area (Å²) in [6.07, 6.45) is 8.17. The predicted molar refractivity (Wildman–Crippen MR) is 120 cm³/mol. The van der Waals surface area contributed by atoms with Crippen LogP contribution in [0, 0.1) is 6.92 Å². The van der Waals surface area contributed by atoms with Gasteiger partial charge in [-0.05, 0) is 55.2 Å². The molecule has 1 fully saturated rings. The van der Waals surface area contributed by atoms with Gasteiger partial charge in [-0.15, -0.1) is 0 Å². The van der Waals surface area contributed by atoms with E-state index in [9.17, 15) is 13.2 Å². The topological polar surface area (TPSA) is 84.3 Å². The Hall–Kier alpha value is -2.97. The van der Waals surface area contributed by atoms with E-state index in [1.807, 2.05) is 22.9 Å². The maximum Gasteiger partial charge on any atom is 0.255 e. The van der Waals surface area contributed by atoms with E-state index in [4.69, 9.17) is 0 Å². The Balaban J connectivity index is 1.49. The maximum absolute atomic E-state index is 13.1. The molecule has 1 saturated heterocycles. The fourth-order valence-electron chi connectivity index (χ4n) is 3.76. The molecule has 0 radical (unpaired) electrons. The van der Waals surface area contributed by atoms with Gasteiger partial charge in [0.25, 0.3) is 5.91 Å². The minimum Gasteiger partial charge on any atom is -0.333 e. The third-order valence-electron chi connectivity index (χ3n) is 5.52. The number of benzene rings is 2. The van der Waals surface area contributed by atoms with Gasteiger partial charge in [0.15, 0.2) is 0 Å². The molecule has 1 aromatic heterocycles. The molecule has 1 aliphatic rings. The third-order valence-corrected chi connectivity index (χ3v) is 7.56. The summed E-state index contributed by atoms with van der Waals surface area (Å²) in [5.74, 6) is -0.278. The van der Waals surface area contributed by atoms with E-state index in [-0.39, 0.29) is 10.8 Å². The van der Waals surface area contributed by atoms with Gasteiger partial charge >= 0.3 is 0 Å². The zero-order valence-electron chi connectivity index (χ0n) is 17.5. The van der Waals surface area contributed by atoms with Crippen LogP contribution in [0.2, 0.25) is 0 Å². The predicted octanol–water partition coefficient (Wildman–Crippen LogP) is 3.67. The van der Waals surface area contributed by atoms with E-state index < -0.39 is 10.0 Å². The zero-order valence-corrected chi connectivity index (χ0v) is 18.3. The molecule has 0 unspecified atom stereocenters. The zero-order chi connectivity index (χ0) is 21.8. The highest BCUT2D eigenvalue weighted by Crippen LogP contribution is 2.26. The first kappa shape index (κ1) is 21.3.